The second-order valence-electron chi connectivity index (χ2n) is 7.38. The third kappa shape index (κ3) is 4.66. The topological polar surface area (TPSA) is 55.8 Å². The van der Waals surface area contributed by atoms with E-state index >= 15 is 0 Å². The molecule has 0 aromatic heterocycles. The summed E-state index contributed by atoms with van der Waals surface area (Å²) in [4.78, 5) is 17.1. The molecular weight excluding hydrogens is 314 g/mol. The van der Waals surface area contributed by atoms with Crippen molar-refractivity contribution in [1.82, 2.24) is 10.2 Å². The van der Waals surface area contributed by atoms with Crippen molar-refractivity contribution in [3.8, 4) is 5.75 Å². The summed E-state index contributed by atoms with van der Waals surface area (Å²) in [6.45, 7) is 5.36. The van der Waals surface area contributed by atoms with Crippen LogP contribution in [0.1, 0.15) is 45.4 Å². The monoisotopic (exact) mass is 345 g/mol. The summed E-state index contributed by atoms with van der Waals surface area (Å²) in [5.74, 6) is 0.498. The van der Waals surface area contributed by atoms with Gasteiger partial charge in [0.2, 0.25) is 5.91 Å². The number of carbonyl (C=O) groups excluding carboxylic acids is 1. The van der Waals surface area contributed by atoms with Crippen molar-refractivity contribution in [3.05, 3.63) is 24.3 Å². The van der Waals surface area contributed by atoms with Gasteiger partial charge in [0.05, 0.1) is 11.7 Å². The number of nitrogens with one attached hydrogen (secondary N) is 1. The lowest BCUT2D eigenvalue weighted by molar-refractivity contribution is -0.126. The van der Waals surface area contributed by atoms with E-state index in [-0.39, 0.29) is 11.9 Å². The Labute approximate surface area is 151 Å². The number of piperazine rings is 1. The number of rotatable bonds is 4. The van der Waals surface area contributed by atoms with E-state index in [0.29, 0.717) is 11.8 Å². The minimum atomic E-state index is -0.0882. The van der Waals surface area contributed by atoms with Crippen molar-refractivity contribution < 1.29 is 9.90 Å². The Morgan fingerprint density at radius 3 is 2.36 bits per heavy atom. The van der Waals surface area contributed by atoms with Gasteiger partial charge in [-0.3, -0.25) is 9.69 Å². The van der Waals surface area contributed by atoms with E-state index in [1.807, 2.05) is 25.1 Å². The number of hydrogen-bond acceptors (Lipinski definition) is 4. The SMILES string of the molecule is C[C@H](C(=O)NC1CCCCCC1)N1CCN(c2ccccc2O)CC1. The Bertz CT molecular complexity index is 562. The molecular formula is C20H31N3O2. The molecule has 3 rings (SSSR count). The van der Waals surface area contributed by atoms with Crippen LogP contribution in [-0.4, -0.2) is 54.2 Å². The predicted molar refractivity (Wildman–Crippen MR) is 101 cm³/mol. The average Bonchev–Trinajstić information content (AvgIpc) is 2.90. The van der Waals surface area contributed by atoms with E-state index in [9.17, 15) is 9.90 Å². The summed E-state index contributed by atoms with van der Waals surface area (Å²) >= 11 is 0. The van der Waals surface area contributed by atoms with Gasteiger partial charge in [0.25, 0.3) is 0 Å². The van der Waals surface area contributed by atoms with Crippen molar-refractivity contribution in [3.63, 3.8) is 0 Å². The lowest BCUT2D eigenvalue weighted by atomic mass is 10.1. The Morgan fingerprint density at radius 2 is 1.72 bits per heavy atom. The fourth-order valence-electron chi connectivity index (χ4n) is 3.99. The molecule has 1 aliphatic carbocycles. The molecule has 1 aromatic rings. The minimum Gasteiger partial charge on any atom is -0.506 e. The lowest BCUT2D eigenvalue weighted by Gasteiger charge is -2.39. The predicted octanol–water partition coefficient (Wildman–Crippen LogP) is 2.74. The maximum atomic E-state index is 12.6. The molecule has 1 heterocycles. The molecule has 2 aliphatic rings. The Balaban J connectivity index is 1.50. The van der Waals surface area contributed by atoms with Crippen LogP contribution in [0.25, 0.3) is 0 Å². The number of amides is 1. The largest absolute Gasteiger partial charge is 0.506 e. The van der Waals surface area contributed by atoms with Crippen molar-refractivity contribution in [2.75, 3.05) is 31.1 Å². The fourth-order valence-corrected chi connectivity index (χ4v) is 3.99. The van der Waals surface area contributed by atoms with Crippen LogP contribution in [0.2, 0.25) is 0 Å². The first-order chi connectivity index (χ1) is 12.1. The van der Waals surface area contributed by atoms with E-state index in [4.69, 9.17) is 0 Å². The first-order valence-corrected chi connectivity index (χ1v) is 9.72. The molecule has 2 N–H and O–H groups in total. The Hall–Kier alpha value is -1.75. The second kappa shape index (κ2) is 8.56. The molecule has 0 unspecified atom stereocenters. The normalized spacial score (nSPS) is 21.6. The number of phenolic OH excluding ortho intramolecular Hbond substituents is 1. The van der Waals surface area contributed by atoms with Crippen LogP contribution in [0.5, 0.6) is 5.75 Å². The van der Waals surface area contributed by atoms with Crippen molar-refractivity contribution in [2.24, 2.45) is 0 Å². The molecule has 5 heteroatoms. The number of aromatic hydroxyl groups is 1. The zero-order valence-electron chi connectivity index (χ0n) is 15.3. The number of carbonyl (C=O) groups is 1. The summed E-state index contributed by atoms with van der Waals surface area (Å²) in [6, 6.07) is 7.74. The molecule has 1 saturated carbocycles. The third-order valence-electron chi connectivity index (χ3n) is 5.67. The average molecular weight is 345 g/mol. The zero-order valence-corrected chi connectivity index (χ0v) is 15.3. The Morgan fingerprint density at radius 1 is 1.08 bits per heavy atom. The summed E-state index contributed by atoms with van der Waals surface area (Å²) < 4.78 is 0. The van der Waals surface area contributed by atoms with Gasteiger partial charge < -0.3 is 15.3 Å². The van der Waals surface area contributed by atoms with Crippen LogP contribution < -0.4 is 10.2 Å². The van der Waals surface area contributed by atoms with Gasteiger partial charge in [0.15, 0.2) is 0 Å². The summed E-state index contributed by atoms with van der Waals surface area (Å²) in [6.07, 6.45) is 7.32. The number of para-hydroxylation sites is 2. The van der Waals surface area contributed by atoms with E-state index in [1.165, 1.54) is 25.7 Å². The van der Waals surface area contributed by atoms with Gasteiger partial charge in [-0.1, -0.05) is 37.8 Å². The smallest absolute Gasteiger partial charge is 0.237 e. The minimum absolute atomic E-state index is 0.0882. The molecule has 25 heavy (non-hydrogen) atoms. The zero-order chi connectivity index (χ0) is 17.6. The highest BCUT2D eigenvalue weighted by molar-refractivity contribution is 5.81. The summed E-state index contributed by atoms with van der Waals surface area (Å²) in [5, 5.41) is 13.3. The van der Waals surface area contributed by atoms with Crippen molar-refractivity contribution in [2.45, 2.75) is 57.5 Å². The molecule has 5 nitrogen and oxygen atoms in total. The number of anilines is 1. The van der Waals surface area contributed by atoms with Crippen LogP contribution in [0.4, 0.5) is 5.69 Å². The molecule has 1 atom stereocenters. The van der Waals surface area contributed by atoms with Crippen molar-refractivity contribution >= 4 is 11.6 Å². The van der Waals surface area contributed by atoms with Crippen LogP contribution in [0, 0.1) is 0 Å². The van der Waals surface area contributed by atoms with Crippen molar-refractivity contribution in [1.29, 1.82) is 0 Å². The molecule has 1 aromatic carbocycles. The molecule has 2 fully saturated rings. The Kier molecular flexibility index (Phi) is 6.19. The summed E-state index contributed by atoms with van der Waals surface area (Å²) in [5.41, 5.74) is 0.887. The highest BCUT2D eigenvalue weighted by Crippen LogP contribution is 2.27. The van der Waals surface area contributed by atoms with Gasteiger partial charge in [-0.15, -0.1) is 0 Å². The second-order valence-corrected chi connectivity index (χ2v) is 7.38. The molecule has 0 bridgehead atoms. The number of benzene rings is 1. The van der Waals surface area contributed by atoms with E-state index in [1.54, 1.807) is 6.07 Å². The highest BCUT2D eigenvalue weighted by atomic mass is 16.3. The molecule has 0 spiro atoms. The highest BCUT2D eigenvalue weighted by Gasteiger charge is 2.27. The number of nitrogens with zero attached hydrogens (tertiary/aromatic N) is 2. The molecule has 1 saturated heterocycles. The van der Waals surface area contributed by atoms with Crippen LogP contribution in [-0.2, 0) is 4.79 Å². The van der Waals surface area contributed by atoms with E-state index in [2.05, 4.69) is 15.1 Å². The van der Waals surface area contributed by atoms with Gasteiger partial charge >= 0.3 is 0 Å². The van der Waals surface area contributed by atoms with Crippen LogP contribution in [0.15, 0.2) is 24.3 Å². The van der Waals surface area contributed by atoms with Crippen LogP contribution >= 0.6 is 0 Å². The number of phenols is 1. The van der Waals surface area contributed by atoms with E-state index < -0.39 is 0 Å². The maximum absolute atomic E-state index is 12.6. The number of hydrogen-bond donors (Lipinski definition) is 2. The molecule has 1 aliphatic heterocycles. The van der Waals surface area contributed by atoms with Gasteiger partial charge in [-0.2, -0.15) is 0 Å². The fraction of sp³-hybridized carbons (Fsp3) is 0.650. The first-order valence-electron chi connectivity index (χ1n) is 9.72. The summed E-state index contributed by atoms with van der Waals surface area (Å²) in [7, 11) is 0. The quantitative estimate of drug-likeness (QED) is 0.824. The van der Waals surface area contributed by atoms with E-state index in [0.717, 1.165) is 44.7 Å². The van der Waals surface area contributed by atoms with Gasteiger partial charge in [0, 0.05) is 32.2 Å². The maximum Gasteiger partial charge on any atom is 0.237 e. The standard InChI is InChI=1S/C20H31N3O2/c1-16(20(25)21-17-8-4-2-3-5-9-17)22-12-14-23(15-13-22)18-10-6-7-11-19(18)24/h6-7,10-11,16-17,24H,2-5,8-9,12-15H2,1H3,(H,21,25)/t16-/m1/s1. The van der Waals surface area contributed by atoms with Gasteiger partial charge in [-0.05, 0) is 31.9 Å². The molecule has 138 valence electrons. The van der Waals surface area contributed by atoms with Crippen LogP contribution in [0.3, 0.4) is 0 Å². The van der Waals surface area contributed by atoms with Gasteiger partial charge in [-0.25, -0.2) is 0 Å². The third-order valence-corrected chi connectivity index (χ3v) is 5.67. The van der Waals surface area contributed by atoms with Gasteiger partial charge in [0.1, 0.15) is 5.75 Å². The first kappa shape index (κ1) is 18.1. The lowest BCUT2D eigenvalue weighted by Crippen LogP contribution is -2.55. The molecule has 1 amide bonds. The molecule has 0 radical (unpaired) electrons.